The molecule has 0 unspecified atom stereocenters. The van der Waals surface area contributed by atoms with Gasteiger partial charge in [0, 0.05) is 5.92 Å². The van der Waals surface area contributed by atoms with E-state index in [0.717, 1.165) is 12.8 Å². The Labute approximate surface area is 81.2 Å². The van der Waals surface area contributed by atoms with Gasteiger partial charge in [-0.1, -0.05) is 0 Å². The van der Waals surface area contributed by atoms with Crippen LogP contribution in [-0.2, 0) is 14.3 Å². The molecule has 14 heavy (non-hydrogen) atoms. The van der Waals surface area contributed by atoms with Crippen LogP contribution in [0.25, 0.3) is 0 Å². The molecule has 2 aliphatic carbocycles. The van der Waals surface area contributed by atoms with Gasteiger partial charge in [0.25, 0.3) is 0 Å². The van der Waals surface area contributed by atoms with Crippen molar-refractivity contribution in [2.45, 2.75) is 25.4 Å². The Kier molecular flexibility index (Phi) is 1.47. The van der Waals surface area contributed by atoms with Crippen molar-refractivity contribution in [1.29, 1.82) is 0 Å². The molecule has 0 aromatic carbocycles. The maximum absolute atomic E-state index is 11.4. The second-order valence-electron chi connectivity index (χ2n) is 4.58. The maximum Gasteiger partial charge on any atom is 0.309 e. The van der Waals surface area contributed by atoms with Crippen molar-refractivity contribution in [3.63, 3.8) is 0 Å². The lowest BCUT2D eigenvalue weighted by atomic mass is 9.91. The highest BCUT2D eigenvalue weighted by Gasteiger charge is 2.60. The second-order valence-corrected chi connectivity index (χ2v) is 4.58. The first-order valence-electron chi connectivity index (χ1n) is 5.12. The number of esters is 1. The lowest BCUT2D eigenvalue weighted by Gasteiger charge is -2.13. The van der Waals surface area contributed by atoms with E-state index in [2.05, 4.69) is 0 Å². The zero-order valence-corrected chi connectivity index (χ0v) is 7.68. The van der Waals surface area contributed by atoms with Gasteiger partial charge in [0.05, 0.1) is 11.8 Å². The SMILES string of the molecule is O=C(O)[C@H]1C[C@H]2C(=O)O[C@H]3CC[C@@H]1[C@@H]32. The molecule has 4 nitrogen and oxygen atoms in total. The van der Waals surface area contributed by atoms with Crippen molar-refractivity contribution in [2.24, 2.45) is 23.7 Å². The van der Waals surface area contributed by atoms with Crippen LogP contribution in [0.1, 0.15) is 19.3 Å². The summed E-state index contributed by atoms with van der Waals surface area (Å²) in [5, 5.41) is 9.02. The number of rotatable bonds is 1. The van der Waals surface area contributed by atoms with E-state index < -0.39 is 5.97 Å². The third kappa shape index (κ3) is 0.837. The molecular formula is C10H12O4. The van der Waals surface area contributed by atoms with Crippen molar-refractivity contribution < 1.29 is 19.4 Å². The van der Waals surface area contributed by atoms with E-state index in [-0.39, 0.29) is 35.7 Å². The van der Waals surface area contributed by atoms with Gasteiger partial charge < -0.3 is 9.84 Å². The number of ether oxygens (including phenoxy) is 1. The van der Waals surface area contributed by atoms with Crippen LogP contribution in [0.2, 0.25) is 0 Å². The molecule has 3 aliphatic rings. The number of hydrogen-bond acceptors (Lipinski definition) is 3. The van der Waals surface area contributed by atoms with Crippen LogP contribution in [0.5, 0.6) is 0 Å². The molecule has 5 atom stereocenters. The van der Waals surface area contributed by atoms with Gasteiger partial charge in [0.15, 0.2) is 0 Å². The first-order chi connectivity index (χ1) is 6.68. The van der Waals surface area contributed by atoms with Gasteiger partial charge >= 0.3 is 11.9 Å². The lowest BCUT2D eigenvalue weighted by Crippen LogP contribution is -2.20. The average Bonchev–Trinajstić information content (AvgIpc) is 2.69. The summed E-state index contributed by atoms with van der Waals surface area (Å²) in [7, 11) is 0. The highest BCUT2D eigenvalue weighted by molar-refractivity contribution is 5.79. The molecule has 0 aromatic rings. The van der Waals surface area contributed by atoms with E-state index in [1.54, 1.807) is 0 Å². The van der Waals surface area contributed by atoms with Crippen LogP contribution in [0.15, 0.2) is 0 Å². The quantitative estimate of drug-likeness (QED) is 0.626. The number of carboxylic acids is 1. The monoisotopic (exact) mass is 196 g/mol. The average molecular weight is 196 g/mol. The van der Waals surface area contributed by atoms with Gasteiger partial charge in [-0.25, -0.2) is 0 Å². The van der Waals surface area contributed by atoms with Gasteiger partial charge in [-0.2, -0.15) is 0 Å². The van der Waals surface area contributed by atoms with Crippen molar-refractivity contribution in [2.75, 3.05) is 0 Å². The summed E-state index contributed by atoms with van der Waals surface area (Å²) in [4.78, 5) is 22.4. The maximum atomic E-state index is 11.4. The van der Waals surface area contributed by atoms with Gasteiger partial charge in [-0.05, 0) is 25.2 Å². The molecule has 4 heteroatoms. The van der Waals surface area contributed by atoms with Crippen LogP contribution >= 0.6 is 0 Å². The summed E-state index contributed by atoms with van der Waals surface area (Å²) in [5.74, 6) is -0.916. The van der Waals surface area contributed by atoms with Crippen molar-refractivity contribution in [3.8, 4) is 0 Å². The number of carbonyl (C=O) groups excluding carboxylic acids is 1. The zero-order valence-electron chi connectivity index (χ0n) is 7.68. The smallest absolute Gasteiger partial charge is 0.309 e. The summed E-state index contributed by atoms with van der Waals surface area (Å²) >= 11 is 0. The predicted octanol–water partition coefficient (Wildman–Crippen LogP) is 0.659. The van der Waals surface area contributed by atoms with Crippen molar-refractivity contribution >= 4 is 11.9 Å². The molecule has 0 aromatic heterocycles. The topological polar surface area (TPSA) is 63.6 Å². The molecule has 0 bridgehead atoms. The molecule has 1 heterocycles. The molecule has 0 radical (unpaired) electrons. The van der Waals surface area contributed by atoms with E-state index in [1.165, 1.54) is 0 Å². The van der Waals surface area contributed by atoms with Crippen LogP contribution in [0, 0.1) is 23.7 Å². The minimum atomic E-state index is -0.738. The Balaban J connectivity index is 1.94. The fraction of sp³-hybridized carbons (Fsp3) is 0.800. The van der Waals surface area contributed by atoms with E-state index in [4.69, 9.17) is 9.84 Å². The molecule has 2 saturated carbocycles. The first-order valence-corrected chi connectivity index (χ1v) is 5.12. The van der Waals surface area contributed by atoms with Gasteiger partial charge in [0.2, 0.25) is 0 Å². The minimum absolute atomic E-state index is 0.0295. The van der Waals surface area contributed by atoms with Crippen molar-refractivity contribution in [3.05, 3.63) is 0 Å². The molecule has 1 aliphatic heterocycles. The summed E-state index contributed by atoms with van der Waals surface area (Å²) in [5.41, 5.74) is 0. The molecular weight excluding hydrogens is 184 g/mol. The third-order valence-corrected chi connectivity index (χ3v) is 4.08. The highest BCUT2D eigenvalue weighted by Crippen LogP contribution is 2.55. The predicted molar refractivity (Wildman–Crippen MR) is 45.3 cm³/mol. The second kappa shape index (κ2) is 2.49. The van der Waals surface area contributed by atoms with E-state index in [0.29, 0.717) is 6.42 Å². The Hall–Kier alpha value is -1.06. The van der Waals surface area contributed by atoms with Gasteiger partial charge in [0.1, 0.15) is 6.10 Å². The number of aliphatic carboxylic acids is 1. The number of hydrogen-bond donors (Lipinski definition) is 1. The lowest BCUT2D eigenvalue weighted by molar-refractivity contribution is -0.146. The molecule has 3 fully saturated rings. The largest absolute Gasteiger partial charge is 0.481 e. The summed E-state index contributed by atoms with van der Waals surface area (Å²) < 4.78 is 5.22. The summed E-state index contributed by atoms with van der Waals surface area (Å²) in [6, 6.07) is 0. The molecule has 0 spiro atoms. The zero-order chi connectivity index (χ0) is 9.87. The Bertz CT molecular complexity index is 311. The van der Waals surface area contributed by atoms with E-state index in [9.17, 15) is 9.59 Å². The molecule has 0 amide bonds. The van der Waals surface area contributed by atoms with Crippen LogP contribution in [-0.4, -0.2) is 23.1 Å². The third-order valence-electron chi connectivity index (χ3n) is 4.08. The molecule has 1 saturated heterocycles. The Morgan fingerprint density at radius 1 is 1.43 bits per heavy atom. The molecule has 76 valence electrons. The Morgan fingerprint density at radius 3 is 2.93 bits per heavy atom. The van der Waals surface area contributed by atoms with E-state index in [1.807, 2.05) is 0 Å². The van der Waals surface area contributed by atoms with Crippen LogP contribution in [0.3, 0.4) is 0 Å². The Morgan fingerprint density at radius 2 is 2.21 bits per heavy atom. The highest BCUT2D eigenvalue weighted by atomic mass is 16.6. The number of carbonyl (C=O) groups is 2. The molecule has 1 N–H and O–H groups in total. The fourth-order valence-corrected chi connectivity index (χ4v) is 3.56. The van der Waals surface area contributed by atoms with Gasteiger partial charge in [-0.3, -0.25) is 9.59 Å². The minimum Gasteiger partial charge on any atom is -0.481 e. The van der Waals surface area contributed by atoms with Gasteiger partial charge in [-0.15, -0.1) is 0 Å². The van der Waals surface area contributed by atoms with Crippen molar-refractivity contribution in [1.82, 2.24) is 0 Å². The first kappa shape index (κ1) is 8.26. The van der Waals surface area contributed by atoms with Crippen LogP contribution in [0.4, 0.5) is 0 Å². The summed E-state index contributed by atoms with van der Waals surface area (Å²) in [6.45, 7) is 0. The summed E-state index contributed by atoms with van der Waals surface area (Å²) in [6.07, 6.45) is 2.30. The van der Waals surface area contributed by atoms with Crippen LogP contribution < -0.4 is 0 Å². The molecule has 3 rings (SSSR count). The normalized spacial score (nSPS) is 49.1. The van der Waals surface area contributed by atoms with E-state index >= 15 is 0 Å². The number of carboxylic acid groups (broad SMARTS) is 1. The fourth-order valence-electron chi connectivity index (χ4n) is 3.56. The standard InChI is InChI=1S/C10H12O4/c11-9(12)5-3-6-8-4(5)1-2-7(8)14-10(6)13/h4-8H,1-3H2,(H,11,12)/t4-,5-,6+,7-,8+/m0/s1.